The number of H-pyrrole nitrogens is 1. The molecule has 1 amide bonds. The molecule has 3 heterocycles. The topological polar surface area (TPSA) is 61.0 Å². The Balaban J connectivity index is 1.59. The summed E-state index contributed by atoms with van der Waals surface area (Å²) in [6.07, 6.45) is 10.1. The summed E-state index contributed by atoms with van der Waals surface area (Å²) in [4.78, 5) is 14.6. The number of hydrogen-bond acceptors (Lipinski definition) is 3. The van der Waals surface area contributed by atoms with Crippen LogP contribution < -0.4 is 5.32 Å². The average molecular weight is 276 g/mol. The fourth-order valence-corrected chi connectivity index (χ4v) is 3.45. The van der Waals surface area contributed by atoms with Crippen molar-refractivity contribution in [1.82, 2.24) is 20.4 Å². The average Bonchev–Trinajstić information content (AvgIpc) is 3.18. The molecule has 0 saturated carbocycles. The number of hydrogen-bond donors (Lipinski definition) is 2. The minimum atomic E-state index is 0.233. The number of nitrogens with zero attached hydrogens (tertiary/aromatic N) is 2. The highest BCUT2D eigenvalue weighted by Crippen LogP contribution is 2.31. The van der Waals surface area contributed by atoms with Gasteiger partial charge in [0.05, 0.1) is 12.2 Å². The number of aromatic nitrogens is 2. The standard InChI is InChI=1S/C15H24N4O/c20-15(5-4-12-6-7-16-9-12)19-8-2-1-3-14(19)13-10-17-18-11-13/h10-12,14,16H,1-9H2,(H,17,18). The molecule has 5 heteroatoms. The van der Waals surface area contributed by atoms with Crippen molar-refractivity contribution >= 4 is 5.91 Å². The van der Waals surface area contributed by atoms with Crippen molar-refractivity contribution in [2.75, 3.05) is 19.6 Å². The van der Waals surface area contributed by atoms with Gasteiger partial charge in [-0.2, -0.15) is 5.10 Å². The second kappa shape index (κ2) is 6.39. The van der Waals surface area contributed by atoms with Crippen LogP contribution in [-0.4, -0.2) is 40.6 Å². The molecule has 3 rings (SSSR count). The predicted octanol–water partition coefficient (Wildman–Crippen LogP) is 1.85. The number of aromatic amines is 1. The van der Waals surface area contributed by atoms with Gasteiger partial charge in [0.25, 0.3) is 0 Å². The Bertz CT molecular complexity index is 425. The second-order valence-corrected chi connectivity index (χ2v) is 6.03. The Morgan fingerprint density at radius 3 is 3.10 bits per heavy atom. The number of piperidine rings is 1. The summed E-state index contributed by atoms with van der Waals surface area (Å²) in [5.74, 6) is 1.01. The van der Waals surface area contributed by atoms with E-state index in [4.69, 9.17) is 0 Å². The van der Waals surface area contributed by atoms with Gasteiger partial charge < -0.3 is 10.2 Å². The van der Waals surface area contributed by atoms with Gasteiger partial charge >= 0.3 is 0 Å². The van der Waals surface area contributed by atoms with Crippen molar-refractivity contribution in [3.63, 3.8) is 0 Å². The number of nitrogens with one attached hydrogen (secondary N) is 2. The first-order valence-corrected chi connectivity index (χ1v) is 7.83. The smallest absolute Gasteiger partial charge is 0.223 e. The van der Waals surface area contributed by atoms with Gasteiger partial charge in [-0.3, -0.25) is 9.89 Å². The molecular formula is C15H24N4O. The molecule has 2 N–H and O–H groups in total. The van der Waals surface area contributed by atoms with E-state index < -0.39 is 0 Å². The number of likely N-dealkylation sites (tertiary alicyclic amines) is 1. The van der Waals surface area contributed by atoms with Gasteiger partial charge in [0.15, 0.2) is 0 Å². The molecule has 0 aliphatic carbocycles. The molecule has 2 saturated heterocycles. The Labute approximate surface area is 120 Å². The van der Waals surface area contributed by atoms with Crippen molar-refractivity contribution in [2.45, 2.75) is 44.6 Å². The van der Waals surface area contributed by atoms with E-state index >= 15 is 0 Å². The number of carbonyl (C=O) groups excluding carboxylic acids is 1. The van der Waals surface area contributed by atoms with Gasteiger partial charge in [-0.15, -0.1) is 0 Å². The summed E-state index contributed by atoms with van der Waals surface area (Å²) in [6.45, 7) is 3.09. The third kappa shape index (κ3) is 3.03. The molecule has 2 unspecified atom stereocenters. The Hall–Kier alpha value is -1.36. The largest absolute Gasteiger partial charge is 0.336 e. The zero-order valence-electron chi connectivity index (χ0n) is 12.0. The molecule has 2 aliphatic rings. The molecule has 0 spiro atoms. The molecule has 2 fully saturated rings. The van der Waals surface area contributed by atoms with Crippen molar-refractivity contribution in [3.8, 4) is 0 Å². The zero-order chi connectivity index (χ0) is 13.8. The summed E-state index contributed by atoms with van der Waals surface area (Å²) in [5.41, 5.74) is 1.15. The predicted molar refractivity (Wildman–Crippen MR) is 77.1 cm³/mol. The van der Waals surface area contributed by atoms with Gasteiger partial charge in [0.2, 0.25) is 5.91 Å². The van der Waals surface area contributed by atoms with E-state index in [1.165, 1.54) is 12.8 Å². The monoisotopic (exact) mass is 276 g/mol. The fourth-order valence-electron chi connectivity index (χ4n) is 3.45. The number of rotatable bonds is 4. The quantitative estimate of drug-likeness (QED) is 0.882. The third-order valence-electron chi connectivity index (χ3n) is 4.66. The summed E-state index contributed by atoms with van der Waals surface area (Å²) < 4.78 is 0. The lowest BCUT2D eigenvalue weighted by atomic mass is 9.96. The van der Waals surface area contributed by atoms with Crippen LogP contribution in [0.5, 0.6) is 0 Å². The minimum absolute atomic E-state index is 0.233. The van der Waals surface area contributed by atoms with E-state index in [1.54, 1.807) is 0 Å². The normalized spacial score (nSPS) is 26.9. The highest BCUT2D eigenvalue weighted by Gasteiger charge is 2.28. The molecule has 20 heavy (non-hydrogen) atoms. The van der Waals surface area contributed by atoms with Crippen molar-refractivity contribution in [3.05, 3.63) is 18.0 Å². The lowest BCUT2D eigenvalue weighted by Gasteiger charge is -2.35. The van der Waals surface area contributed by atoms with Crippen LogP contribution >= 0.6 is 0 Å². The summed E-state index contributed by atoms with van der Waals surface area (Å²) in [7, 11) is 0. The molecule has 2 aliphatic heterocycles. The molecule has 0 bridgehead atoms. The summed E-state index contributed by atoms with van der Waals surface area (Å²) in [6, 6.07) is 0.233. The molecule has 2 atom stereocenters. The summed E-state index contributed by atoms with van der Waals surface area (Å²) in [5, 5.41) is 10.3. The van der Waals surface area contributed by atoms with Crippen LogP contribution in [0.2, 0.25) is 0 Å². The van der Waals surface area contributed by atoms with Crippen LogP contribution in [0.1, 0.15) is 50.1 Å². The first kappa shape index (κ1) is 13.6. The van der Waals surface area contributed by atoms with Gasteiger partial charge in [0.1, 0.15) is 0 Å². The highest BCUT2D eigenvalue weighted by atomic mass is 16.2. The molecule has 110 valence electrons. The van der Waals surface area contributed by atoms with Crippen LogP contribution in [0.15, 0.2) is 12.4 Å². The van der Waals surface area contributed by atoms with E-state index in [9.17, 15) is 4.79 Å². The van der Waals surface area contributed by atoms with E-state index in [-0.39, 0.29) is 6.04 Å². The number of carbonyl (C=O) groups is 1. The van der Waals surface area contributed by atoms with Crippen molar-refractivity contribution < 1.29 is 4.79 Å². The Morgan fingerprint density at radius 2 is 2.35 bits per heavy atom. The maximum absolute atomic E-state index is 12.5. The molecule has 1 aromatic rings. The van der Waals surface area contributed by atoms with Gasteiger partial charge in [-0.1, -0.05) is 0 Å². The van der Waals surface area contributed by atoms with Crippen molar-refractivity contribution in [1.29, 1.82) is 0 Å². The second-order valence-electron chi connectivity index (χ2n) is 6.03. The molecule has 0 aromatic carbocycles. The van der Waals surface area contributed by atoms with E-state index in [0.29, 0.717) is 18.2 Å². The summed E-state index contributed by atoms with van der Waals surface area (Å²) >= 11 is 0. The Morgan fingerprint density at radius 1 is 1.40 bits per heavy atom. The first-order chi connectivity index (χ1) is 9.84. The van der Waals surface area contributed by atoms with Crippen LogP contribution in [0.3, 0.4) is 0 Å². The number of amides is 1. The lowest BCUT2D eigenvalue weighted by molar-refractivity contribution is -0.135. The van der Waals surface area contributed by atoms with E-state index in [1.807, 2.05) is 12.4 Å². The van der Waals surface area contributed by atoms with E-state index in [2.05, 4.69) is 20.4 Å². The van der Waals surface area contributed by atoms with Crippen LogP contribution in [0, 0.1) is 5.92 Å². The first-order valence-electron chi connectivity index (χ1n) is 7.83. The van der Waals surface area contributed by atoms with E-state index in [0.717, 1.165) is 44.5 Å². The van der Waals surface area contributed by atoms with Gasteiger partial charge in [0, 0.05) is 24.7 Å². The Kier molecular flexibility index (Phi) is 4.35. The molecule has 1 aromatic heterocycles. The van der Waals surface area contributed by atoms with Crippen LogP contribution in [-0.2, 0) is 4.79 Å². The highest BCUT2D eigenvalue weighted by molar-refractivity contribution is 5.76. The molecule has 0 radical (unpaired) electrons. The SMILES string of the molecule is O=C(CCC1CCNC1)N1CCCCC1c1cn[nH]c1. The van der Waals surface area contributed by atoms with Crippen LogP contribution in [0.25, 0.3) is 0 Å². The van der Waals surface area contributed by atoms with Crippen LogP contribution in [0.4, 0.5) is 0 Å². The third-order valence-corrected chi connectivity index (χ3v) is 4.66. The minimum Gasteiger partial charge on any atom is -0.336 e. The zero-order valence-corrected chi connectivity index (χ0v) is 12.0. The molecule has 5 nitrogen and oxygen atoms in total. The van der Waals surface area contributed by atoms with Gasteiger partial charge in [-0.05, 0) is 51.1 Å². The maximum atomic E-state index is 12.5. The fraction of sp³-hybridized carbons (Fsp3) is 0.733. The van der Waals surface area contributed by atoms with Crippen molar-refractivity contribution in [2.24, 2.45) is 5.92 Å². The van der Waals surface area contributed by atoms with Gasteiger partial charge in [-0.25, -0.2) is 0 Å². The molecular weight excluding hydrogens is 252 g/mol. The maximum Gasteiger partial charge on any atom is 0.223 e. The lowest BCUT2D eigenvalue weighted by Crippen LogP contribution is -2.38.